The van der Waals surface area contributed by atoms with E-state index in [-0.39, 0.29) is 29.9 Å². The summed E-state index contributed by atoms with van der Waals surface area (Å²) in [5.41, 5.74) is 5.92. The number of cyclic esters (lactones) is 1. The number of esters is 1. The van der Waals surface area contributed by atoms with Gasteiger partial charge in [-0.15, -0.1) is 0 Å². The third-order valence-electron chi connectivity index (χ3n) is 15.6. The van der Waals surface area contributed by atoms with Crippen molar-refractivity contribution in [1.29, 1.82) is 0 Å². The lowest BCUT2D eigenvalue weighted by atomic mass is 9.82. The van der Waals surface area contributed by atoms with Gasteiger partial charge in [0.1, 0.15) is 36.7 Å². The first-order valence-electron chi connectivity index (χ1n) is 27.7. The molecule has 0 bridgehead atoms. The van der Waals surface area contributed by atoms with Gasteiger partial charge in [0.05, 0.1) is 52.9 Å². The van der Waals surface area contributed by atoms with Crippen LogP contribution in [0.2, 0.25) is 0 Å². The molecule has 77 heavy (non-hydrogen) atoms. The topological polar surface area (TPSA) is 254 Å². The number of methoxy groups -OCH3 is 2. The molecule has 4 heterocycles. The molecule has 21 heteroatoms. The molecule has 0 radical (unpaired) electrons. The number of carbonyl (C=O) groups excluding carboxylic acids is 1. The van der Waals surface area contributed by atoms with E-state index in [0.29, 0.717) is 69.4 Å². The number of nitrogens with two attached hydrogens (primary N) is 1. The SMILES string of the molecule is CC.CC[C@H]1OC(=O)C(C)[C@@H](O[C@H]2C[C@@](C)(OC)CC(C)O2)[C@H](C)C[C@](C)(O)CCN(C)C(C)C(O)[C@]1(C)O.COC(c1ccc(C2=NOC(CS(C)(=O)=O)C2)cc1)C(CF)N/C=C(\N)CCN(C)C1CC(C)OC(O)C1. The summed E-state index contributed by atoms with van der Waals surface area (Å²) >= 11 is 0. The molecule has 0 saturated carbocycles. The van der Waals surface area contributed by atoms with E-state index in [1.54, 1.807) is 27.2 Å². The van der Waals surface area contributed by atoms with Gasteiger partial charge in [0.2, 0.25) is 0 Å². The van der Waals surface area contributed by atoms with Crippen LogP contribution >= 0.6 is 0 Å². The first-order valence-corrected chi connectivity index (χ1v) is 29.7. The molecule has 0 amide bonds. The number of halogens is 1. The van der Waals surface area contributed by atoms with Gasteiger partial charge >= 0.3 is 5.97 Å². The molecule has 5 rings (SSSR count). The Kier molecular flexibility index (Phi) is 27.2. The molecule has 7 N–H and O–H groups in total. The number of benzene rings is 1. The van der Waals surface area contributed by atoms with Gasteiger partial charge in [-0.25, -0.2) is 12.8 Å². The number of likely N-dealkylation sites (N-methyl/N-ethyl adjacent to an activating group) is 1. The van der Waals surface area contributed by atoms with Gasteiger partial charge in [0.15, 0.2) is 22.4 Å². The van der Waals surface area contributed by atoms with E-state index < -0.39 is 100 Å². The second-order valence-corrected chi connectivity index (χ2v) is 24.9. The maximum atomic E-state index is 14.0. The molecule has 17 atom stereocenters. The Morgan fingerprint density at radius 1 is 1.03 bits per heavy atom. The van der Waals surface area contributed by atoms with Crippen molar-refractivity contribution in [2.24, 2.45) is 22.7 Å². The summed E-state index contributed by atoms with van der Waals surface area (Å²) in [5, 5.41) is 50.7. The zero-order chi connectivity index (χ0) is 58.2. The quantitative estimate of drug-likeness (QED) is 0.102. The average Bonchev–Trinajstić information content (AvgIpc) is 3.83. The minimum Gasteiger partial charge on any atom is -0.459 e. The number of nitrogens with one attached hydrogen (secondary N) is 1. The molecule has 4 aliphatic rings. The first kappa shape index (κ1) is 68.2. The van der Waals surface area contributed by atoms with Gasteiger partial charge in [0.25, 0.3) is 0 Å². The van der Waals surface area contributed by atoms with Crippen LogP contribution in [0, 0.1) is 11.8 Å². The molecule has 19 nitrogen and oxygen atoms in total. The monoisotopic (exact) mass is 1120 g/mol. The number of oxime groups is 1. The molecule has 10 unspecified atom stereocenters. The van der Waals surface area contributed by atoms with Crippen LogP contribution in [0.1, 0.15) is 151 Å². The van der Waals surface area contributed by atoms with Crippen LogP contribution in [0.3, 0.4) is 0 Å². The van der Waals surface area contributed by atoms with Crippen molar-refractivity contribution in [3.05, 3.63) is 47.3 Å². The van der Waals surface area contributed by atoms with Crippen molar-refractivity contribution >= 4 is 21.5 Å². The summed E-state index contributed by atoms with van der Waals surface area (Å²) in [6.07, 6.45) is 2.48. The van der Waals surface area contributed by atoms with Crippen molar-refractivity contribution < 1.29 is 71.3 Å². The standard InChI is InChI=1S/C28H53NO8.C26H41FN4O6S.C2H6/c1-11-21-28(8,33)24(30)20(5)29(9)13-12-26(6,32)14-17(2)23(19(4)25(31)36-21)37-22-16-27(7,34-10)15-18(3)35-22;1-17-11-21(12-25(32)36-17)31(2)10-9-20(28)15-29-24(14-27)26(35-3)19-7-5-18(6-8-19)23-13-22(37-30-23)16-38(4,33)34;1-2/h17-24,30,32-33H,11-16H2,1-10H3;5-8,15,17,21-22,24-26,29,32H,9-14,16,28H2,1-4H3;1-2H3/b;20-15-;/t17-,18?,19?,20?,21-,22+,23+,24?,26-,27+,28-;;/m1../s1. The van der Waals surface area contributed by atoms with Crippen LogP contribution < -0.4 is 11.1 Å². The number of nitrogens with zero attached hydrogens (tertiary/aromatic N) is 3. The highest BCUT2D eigenvalue weighted by Crippen LogP contribution is 2.37. The number of carbonyl (C=O) groups is 1. The highest BCUT2D eigenvalue weighted by atomic mass is 32.2. The van der Waals surface area contributed by atoms with E-state index in [0.717, 1.165) is 24.0 Å². The molecule has 446 valence electrons. The first-order chi connectivity index (χ1) is 35.9. The average molecular weight is 1120 g/mol. The number of alkyl halides is 1. The largest absolute Gasteiger partial charge is 0.459 e. The number of hydrogen-bond acceptors (Lipinski definition) is 19. The Morgan fingerprint density at radius 3 is 2.25 bits per heavy atom. The molecule has 3 fully saturated rings. The number of sulfone groups is 1. The third kappa shape index (κ3) is 20.8. The Morgan fingerprint density at radius 2 is 1.68 bits per heavy atom. The Labute approximate surface area is 460 Å². The van der Waals surface area contributed by atoms with Gasteiger partial charge < -0.3 is 74.5 Å². The van der Waals surface area contributed by atoms with Gasteiger partial charge in [-0.05, 0) is 105 Å². The van der Waals surface area contributed by atoms with Gasteiger partial charge in [0, 0.05) is 89.6 Å². The lowest BCUT2D eigenvalue weighted by Gasteiger charge is -2.44. The fourth-order valence-corrected chi connectivity index (χ4v) is 11.7. The molecule has 0 spiro atoms. The predicted octanol–water partition coefficient (Wildman–Crippen LogP) is 5.75. The number of ether oxygens (including phenoxy) is 6. The fraction of sp³-hybridized carbons (Fsp3) is 0.821. The van der Waals surface area contributed by atoms with E-state index in [2.05, 4.69) is 15.4 Å². The smallest absolute Gasteiger partial charge is 0.311 e. The van der Waals surface area contributed by atoms with Crippen molar-refractivity contribution in [3.8, 4) is 0 Å². The lowest BCUT2D eigenvalue weighted by Crippen LogP contribution is -2.59. The molecule has 1 aromatic carbocycles. The van der Waals surface area contributed by atoms with Crippen LogP contribution in [0.4, 0.5) is 4.39 Å². The van der Waals surface area contributed by atoms with E-state index in [1.807, 2.05) is 98.7 Å². The molecule has 3 saturated heterocycles. The summed E-state index contributed by atoms with van der Waals surface area (Å²) in [5.74, 6) is -1.51. The summed E-state index contributed by atoms with van der Waals surface area (Å²) in [6, 6.07) is 6.50. The zero-order valence-corrected chi connectivity index (χ0v) is 50.1. The molecular weight excluding hydrogens is 1020 g/mol. The van der Waals surface area contributed by atoms with Crippen molar-refractivity contribution in [1.82, 2.24) is 15.1 Å². The second kappa shape index (κ2) is 30.7. The van der Waals surface area contributed by atoms with Crippen LogP contribution in [0.15, 0.2) is 41.3 Å². The fourth-order valence-electron chi connectivity index (χ4n) is 10.9. The van der Waals surface area contributed by atoms with Crippen molar-refractivity contribution in [2.75, 3.05) is 60.1 Å². The van der Waals surface area contributed by atoms with E-state index in [4.69, 9.17) is 39.0 Å². The maximum absolute atomic E-state index is 14.0. The summed E-state index contributed by atoms with van der Waals surface area (Å²) in [4.78, 5) is 22.8. The van der Waals surface area contributed by atoms with Crippen LogP contribution in [-0.2, 0) is 47.9 Å². The Hall–Kier alpha value is -3.06. The van der Waals surface area contributed by atoms with E-state index >= 15 is 0 Å². The Bertz CT molecular complexity index is 2090. The van der Waals surface area contributed by atoms with Gasteiger partial charge in [-0.3, -0.25) is 4.79 Å². The number of hydrogen-bond donors (Lipinski definition) is 6. The molecular formula is C56H100FN5O14S. The lowest BCUT2D eigenvalue weighted by molar-refractivity contribution is -0.266. The third-order valence-corrected chi connectivity index (χ3v) is 16.6. The maximum Gasteiger partial charge on any atom is 0.311 e. The van der Waals surface area contributed by atoms with Crippen LogP contribution in [-0.4, -0.2) is 195 Å². The number of aliphatic hydroxyl groups excluding tert-OH is 2. The zero-order valence-electron chi connectivity index (χ0n) is 49.2. The van der Waals surface area contributed by atoms with Crippen LogP contribution in [0.5, 0.6) is 0 Å². The normalized spacial score (nSPS) is 35.9. The minimum atomic E-state index is -3.16. The van der Waals surface area contributed by atoms with Crippen molar-refractivity contribution in [3.63, 3.8) is 0 Å². The second-order valence-electron chi connectivity index (χ2n) is 22.7. The minimum absolute atomic E-state index is 0.00221. The van der Waals surface area contributed by atoms with Crippen LogP contribution in [0.25, 0.3) is 0 Å². The van der Waals surface area contributed by atoms with E-state index in [1.165, 1.54) is 20.3 Å². The molecule has 0 aromatic heterocycles. The predicted molar refractivity (Wildman–Crippen MR) is 296 cm³/mol. The highest BCUT2D eigenvalue weighted by Gasteiger charge is 2.47. The molecule has 0 aliphatic carbocycles. The van der Waals surface area contributed by atoms with Gasteiger partial charge in [-0.2, -0.15) is 0 Å². The summed E-state index contributed by atoms with van der Waals surface area (Å²) in [6.45, 7) is 21.2. The number of aliphatic hydroxyl groups is 4. The Balaban J connectivity index is 0.000000393. The highest BCUT2D eigenvalue weighted by molar-refractivity contribution is 7.90. The molecule has 4 aliphatic heterocycles. The van der Waals surface area contributed by atoms with Crippen molar-refractivity contribution in [2.45, 2.75) is 224 Å². The van der Waals surface area contributed by atoms with Gasteiger partial charge in [-0.1, -0.05) is 57.1 Å². The number of rotatable bonds is 17. The summed E-state index contributed by atoms with van der Waals surface area (Å²) in [7, 11) is 3.90. The molecule has 1 aromatic rings. The van der Waals surface area contributed by atoms with E-state index in [9.17, 15) is 38.0 Å². The summed E-state index contributed by atoms with van der Waals surface area (Å²) < 4.78 is 72.3.